The SMILES string of the molecule is COc1cc(NC(=O)c2c[nH]c(=S)n2-c2ccccc2)ccc1NS(C)(=O)=O. The lowest BCUT2D eigenvalue weighted by molar-refractivity contribution is 0.102. The quantitative estimate of drug-likeness (QED) is 0.533. The molecule has 8 nitrogen and oxygen atoms in total. The summed E-state index contributed by atoms with van der Waals surface area (Å²) in [6, 6.07) is 13.9. The normalized spacial score (nSPS) is 11.1. The van der Waals surface area contributed by atoms with Crippen LogP contribution in [-0.2, 0) is 10.0 Å². The molecule has 0 saturated carbocycles. The summed E-state index contributed by atoms with van der Waals surface area (Å²) in [7, 11) is -2.05. The van der Waals surface area contributed by atoms with Crippen LogP contribution in [0.5, 0.6) is 5.75 Å². The number of para-hydroxylation sites is 1. The van der Waals surface area contributed by atoms with Gasteiger partial charge in [0.2, 0.25) is 10.0 Å². The highest BCUT2D eigenvalue weighted by molar-refractivity contribution is 7.92. The van der Waals surface area contributed by atoms with Crippen molar-refractivity contribution in [3.05, 3.63) is 65.2 Å². The minimum absolute atomic E-state index is 0.275. The highest BCUT2D eigenvalue weighted by Gasteiger charge is 2.16. The third-order valence-corrected chi connectivity index (χ3v) is 4.67. The van der Waals surface area contributed by atoms with Gasteiger partial charge >= 0.3 is 0 Å². The molecule has 146 valence electrons. The number of aromatic amines is 1. The van der Waals surface area contributed by atoms with Crippen LogP contribution in [0.15, 0.2) is 54.7 Å². The summed E-state index contributed by atoms with van der Waals surface area (Å²) >= 11 is 5.29. The van der Waals surface area contributed by atoms with Gasteiger partial charge in [0.05, 0.1) is 19.1 Å². The van der Waals surface area contributed by atoms with Crippen LogP contribution in [0.1, 0.15) is 10.5 Å². The lowest BCUT2D eigenvalue weighted by atomic mass is 10.2. The van der Waals surface area contributed by atoms with Gasteiger partial charge in [-0.25, -0.2) is 8.42 Å². The second-order valence-electron chi connectivity index (χ2n) is 5.89. The number of nitrogens with zero attached hydrogens (tertiary/aromatic N) is 1. The first-order valence-corrected chi connectivity index (χ1v) is 10.4. The van der Waals surface area contributed by atoms with Crippen molar-refractivity contribution >= 4 is 39.5 Å². The largest absolute Gasteiger partial charge is 0.494 e. The topological polar surface area (TPSA) is 105 Å². The fraction of sp³-hybridized carbons (Fsp3) is 0.111. The Labute approximate surface area is 167 Å². The van der Waals surface area contributed by atoms with Crippen molar-refractivity contribution in [1.82, 2.24) is 9.55 Å². The molecular weight excluding hydrogens is 400 g/mol. The molecular formula is C18H18N4O4S2. The highest BCUT2D eigenvalue weighted by Crippen LogP contribution is 2.29. The number of sulfonamides is 1. The summed E-state index contributed by atoms with van der Waals surface area (Å²) < 4.78 is 32.5. The summed E-state index contributed by atoms with van der Waals surface area (Å²) in [5.74, 6) is -0.112. The van der Waals surface area contributed by atoms with E-state index in [9.17, 15) is 13.2 Å². The molecule has 1 heterocycles. The smallest absolute Gasteiger partial charge is 0.274 e. The molecule has 10 heteroatoms. The van der Waals surface area contributed by atoms with Gasteiger partial charge in [-0.1, -0.05) is 18.2 Å². The number of aromatic nitrogens is 2. The van der Waals surface area contributed by atoms with Crippen LogP contribution in [-0.4, -0.2) is 37.2 Å². The van der Waals surface area contributed by atoms with Crippen molar-refractivity contribution in [1.29, 1.82) is 0 Å². The van der Waals surface area contributed by atoms with Crippen molar-refractivity contribution in [3.63, 3.8) is 0 Å². The van der Waals surface area contributed by atoms with E-state index in [1.807, 2.05) is 30.3 Å². The Balaban J connectivity index is 1.90. The molecule has 0 unspecified atom stereocenters. The maximum Gasteiger partial charge on any atom is 0.274 e. The van der Waals surface area contributed by atoms with Crippen molar-refractivity contribution in [2.75, 3.05) is 23.4 Å². The third kappa shape index (κ3) is 4.41. The molecule has 0 aliphatic heterocycles. The number of rotatable bonds is 6. The van der Waals surface area contributed by atoms with Gasteiger partial charge in [0.15, 0.2) is 4.77 Å². The van der Waals surface area contributed by atoms with Gasteiger partial charge in [0.1, 0.15) is 11.4 Å². The first kappa shape index (κ1) is 19.6. The first-order valence-electron chi connectivity index (χ1n) is 8.11. The predicted molar refractivity (Wildman–Crippen MR) is 110 cm³/mol. The highest BCUT2D eigenvalue weighted by atomic mass is 32.2. The fourth-order valence-electron chi connectivity index (χ4n) is 2.62. The van der Waals surface area contributed by atoms with E-state index >= 15 is 0 Å². The van der Waals surface area contributed by atoms with Gasteiger partial charge in [-0.2, -0.15) is 0 Å². The average molecular weight is 419 g/mol. The molecule has 0 radical (unpaired) electrons. The molecule has 1 aromatic heterocycles. The van der Waals surface area contributed by atoms with Crippen molar-refractivity contribution < 1.29 is 17.9 Å². The molecule has 2 aromatic carbocycles. The summed E-state index contributed by atoms with van der Waals surface area (Å²) in [6.07, 6.45) is 2.57. The van der Waals surface area contributed by atoms with Gasteiger partial charge < -0.3 is 15.0 Å². The Bertz CT molecular complexity index is 1170. The molecule has 3 N–H and O–H groups in total. The van der Waals surface area contributed by atoms with Crippen molar-refractivity contribution in [2.45, 2.75) is 0 Å². The number of imidazole rings is 1. The molecule has 0 fully saturated rings. The number of carbonyl (C=O) groups excluding carboxylic acids is 1. The van der Waals surface area contributed by atoms with Crippen LogP contribution >= 0.6 is 12.2 Å². The van der Waals surface area contributed by atoms with E-state index in [2.05, 4.69) is 15.0 Å². The number of H-pyrrole nitrogens is 1. The van der Waals surface area contributed by atoms with Crippen LogP contribution < -0.4 is 14.8 Å². The average Bonchev–Trinajstić information content (AvgIpc) is 3.04. The van der Waals surface area contributed by atoms with Crippen LogP contribution in [0, 0.1) is 4.77 Å². The van der Waals surface area contributed by atoms with Gasteiger partial charge in [-0.05, 0) is 36.5 Å². The van der Waals surface area contributed by atoms with E-state index in [-0.39, 0.29) is 17.3 Å². The summed E-state index contributed by atoms with van der Waals surface area (Å²) in [5, 5.41) is 2.76. The zero-order valence-electron chi connectivity index (χ0n) is 15.1. The van der Waals surface area contributed by atoms with Crippen LogP contribution in [0.25, 0.3) is 5.69 Å². The Morgan fingerprint density at radius 2 is 1.89 bits per heavy atom. The Morgan fingerprint density at radius 3 is 2.54 bits per heavy atom. The molecule has 0 aliphatic carbocycles. The molecule has 1 amide bonds. The van der Waals surface area contributed by atoms with E-state index in [1.165, 1.54) is 25.4 Å². The number of anilines is 2. The molecule has 3 aromatic rings. The molecule has 28 heavy (non-hydrogen) atoms. The maximum absolute atomic E-state index is 12.8. The number of carbonyl (C=O) groups is 1. The number of hydrogen-bond donors (Lipinski definition) is 3. The minimum Gasteiger partial charge on any atom is -0.494 e. The number of amides is 1. The maximum atomic E-state index is 12.8. The predicted octanol–water partition coefficient (Wildman–Crippen LogP) is 3.17. The zero-order chi connectivity index (χ0) is 20.3. The number of nitrogens with one attached hydrogen (secondary N) is 3. The Hall–Kier alpha value is -3.11. The molecule has 0 saturated heterocycles. The van der Waals surface area contributed by atoms with Gasteiger partial charge in [0.25, 0.3) is 5.91 Å². The third-order valence-electron chi connectivity index (χ3n) is 3.78. The van der Waals surface area contributed by atoms with Crippen LogP contribution in [0.4, 0.5) is 11.4 Å². The standard InChI is InChI=1S/C18H18N4O4S2/c1-26-16-10-12(8-9-14(16)21-28(2,24)25)20-17(23)15-11-19-18(27)22(15)13-6-4-3-5-7-13/h3-11,21H,1-2H3,(H,19,27)(H,20,23). The van der Waals surface area contributed by atoms with E-state index in [0.29, 0.717) is 16.2 Å². The second kappa shape index (κ2) is 7.87. The number of benzene rings is 2. The minimum atomic E-state index is -3.46. The van der Waals surface area contributed by atoms with Gasteiger partial charge in [-0.3, -0.25) is 14.1 Å². The molecule has 3 rings (SSSR count). The summed E-state index contributed by atoms with van der Waals surface area (Å²) in [6.45, 7) is 0. The van der Waals surface area contributed by atoms with Crippen LogP contribution in [0.2, 0.25) is 0 Å². The molecule has 0 spiro atoms. The van der Waals surface area contributed by atoms with E-state index in [0.717, 1.165) is 11.9 Å². The molecule has 0 atom stereocenters. The summed E-state index contributed by atoms with van der Waals surface area (Å²) in [5.41, 5.74) is 1.79. The van der Waals surface area contributed by atoms with E-state index in [1.54, 1.807) is 10.6 Å². The van der Waals surface area contributed by atoms with E-state index < -0.39 is 10.0 Å². The molecule has 0 bridgehead atoms. The number of ether oxygens (including phenoxy) is 1. The lowest BCUT2D eigenvalue weighted by Crippen LogP contribution is -2.16. The fourth-order valence-corrected chi connectivity index (χ4v) is 3.45. The summed E-state index contributed by atoms with van der Waals surface area (Å²) in [4.78, 5) is 15.7. The zero-order valence-corrected chi connectivity index (χ0v) is 16.7. The van der Waals surface area contributed by atoms with Crippen molar-refractivity contribution in [2.24, 2.45) is 0 Å². The van der Waals surface area contributed by atoms with Crippen molar-refractivity contribution in [3.8, 4) is 11.4 Å². The number of methoxy groups -OCH3 is 1. The lowest BCUT2D eigenvalue weighted by Gasteiger charge is -2.13. The Kier molecular flexibility index (Phi) is 5.52. The number of hydrogen-bond acceptors (Lipinski definition) is 5. The van der Waals surface area contributed by atoms with Gasteiger partial charge in [0, 0.05) is 23.6 Å². The monoisotopic (exact) mass is 418 g/mol. The second-order valence-corrected chi connectivity index (χ2v) is 8.03. The first-order chi connectivity index (χ1) is 13.3. The van der Waals surface area contributed by atoms with E-state index in [4.69, 9.17) is 17.0 Å². The van der Waals surface area contributed by atoms with Gasteiger partial charge in [-0.15, -0.1) is 0 Å². The Morgan fingerprint density at radius 1 is 1.18 bits per heavy atom. The van der Waals surface area contributed by atoms with Crippen LogP contribution in [0.3, 0.4) is 0 Å². The molecule has 0 aliphatic rings.